The monoisotopic (exact) mass is 213 g/mol. The number of aliphatic imine (C=N–C) groups is 1. The molecule has 0 fully saturated rings. The Labute approximate surface area is 59.4 Å². The number of carbonyl (C=O) groups is 1. The fourth-order valence-corrected chi connectivity index (χ4v) is 0. The van der Waals surface area contributed by atoms with Gasteiger partial charge in [0.05, 0.1) is 0 Å². The molecule has 0 bridgehead atoms. The SMILES string of the molecule is C=NC([CH2-])=O.[Zn+][Br]. The zero-order chi connectivity index (χ0) is 6.28. The third kappa shape index (κ3) is 21.9. The normalized spacial score (nSPS) is 5.57. The molecule has 0 saturated carbocycles. The van der Waals surface area contributed by atoms with E-state index in [2.05, 4.69) is 32.3 Å². The molecule has 0 atom stereocenters. The maximum absolute atomic E-state index is 9.47. The van der Waals surface area contributed by atoms with Crippen LogP contribution in [0.4, 0.5) is 0 Å². The first-order chi connectivity index (χ1) is 3.27. The molecule has 2 nitrogen and oxygen atoms in total. The van der Waals surface area contributed by atoms with E-state index >= 15 is 0 Å². The van der Waals surface area contributed by atoms with E-state index in [1.165, 1.54) is 16.3 Å². The quantitative estimate of drug-likeness (QED) is 0.335. The van der Waals surface area contributed by atoms with Gasteiger partial charge in [0.1, 0.15) is 5.91 Å². The van der Waals surface area contributed by atoms with Crippen molar-refractivity contribution >= 4 is 26.2 Å². The first-order valence-electron chi connectivity index (χ1n) is 1.36. The van der Waals surface area contributed by atoms with E-state index in [0.29, 0.717) is 0 Å². The molecule has 0 N–H and O–H groups in total. The molecule has 0 aliphatic heterocycles. The Morgan fingerprint density at radius 3 is 2.00 bits per heavy atom. The predicted molar refractivity (Wildman–Crippen MR) is 28.8 cm³/mol. The van der Waals surface area contributed by atoms with Gasteiger partial charge in [-0.2, -0.15) is 0 Å². The number of hydrogen-bond acceptors (Lipinski definition) is 1. The third-order valence-electron chi connectivity index (χ3n) is 0.176. The van der Waals surface area contributed by atoms with E-state index in [1.54, 1.807) is 0 Å². The van der Waals surface area contributed by atoms with Gasteiger partial charge in [0.25, 0.3) is 0 Å². The zero-order valence-corrected chi connectivity index (χ0v) is 8.41. The molecule has 7 heavy (non-hydrogen) atoms. The second-order valence-corrected chi connectivity index (χ2v) is 0.552. The summed E-state index contributed by atoms with van der Waals surface area (Å²) in [5.41, 5.74) is 0. The summed E-state index contributed by atoms with van der Waals surface area (Å²) in [6.45, 7) is 5.79. The van der Waals surface area contributed by atoms with Crippen molar-refractivity contribution in [2.45, 2.75) is 0 Å². The molecule has 0 aromatic rings. The van der Waals surface area contributed by atoms with Crippen LogP contribution in [0, 0.1) is 6.92 Å². The summed E-state index contributed by atoms with van der Waals surface area (Å²) in [6.07, 6.45) is 0. The summed E-state index contributed by atoms with van der Waals surface area (Å²) in [7, 11) is 0. The van der Waals surface area contributed by atoms with Gasteiger partial charge in [-0.1, -0.05) is 0 Å². The fourth-order valence-electron chi connectivity index (χ4n) is 0. The summed E-state index contributed by atoms with van der Waals surface area (Å²) >= 11 is 4.25. The number of carbonyl (C=O) groups excluding carboxylic acids is 1. The predicted octanol–water partition coefficient (Wildman–Crippen LogP) is 0.891. The van der Waals surface area contributed by atoms with Crippen LogP contribution >= 0.6 is 13.6 Å². The minimum atomic E-state index is -0.481. The van der Waals surface area contributed by atoms with Gasteiger partial charge in [-0.25, -0.2) is 0 Å². The Balaban J connectivity index is 0. The van der Waals surface area contributed by atoms with Crippen LogP contribution in [-0.4, -0.2) is 12.6 Å². The topological polar surface area (TPSA) is 29.4 Å². The average Bonchev–Trinajstić information content (AvgIpc) is 1.73. The summed E-state index contributed by atoms with van der Waals surface area (Å²) in [4.78, 5) is 12.4. The van der Waals surface area contributed by atoms with Gasteiger partial charge in [0.15, 0.2) is 0 Å². The third-order valence-corrected chi connectivity index (χ3v) is 0.176. The van der Waals surface area contributed by atoms with Gasteiger partial charge < -0.3 is 11.7 Å². The Bertz CT molecular complexity index is 66.0. The number of amides is 1. The van der Waals surface area contributed by atoms with Crippen molar-refractivity contribution in [3.63, 3.8) is 0 Å². The van der Waals surface area contributed by atoms with Gasteiger partial charge in [-0.3, -0.25) is 4.99 Å². The summed E-state index contributed by atoms with van der Waals surface area (Å²) in [6, 6.07) is 0. The van der Waals surface area contributed by atoms with E-state index in [-0.39, 0.29) is 0 Å². The number of halogens is 1. The van der Waals surface area contributed by atoms with Gasteiger partial charge in [-0.05, 0) is 6.72 Å². The second-order valence-electron chi connectivity index (χ2n) is 0.552. The molecule has 0 aliphatic carbocycles. The molecule has 4 heteroatoms. The Morgan fingerprint density at radius 1 is 1.86 bits per heavy atom. The number of hydrogen-bond donors (Lipinski definition) is 0. The maximum atomic E-state index is 9.47. The van der Waals surface area contributed by atoms with Crippen LogP contribution in [0.25, 0.3) is 0 Å². The molecule has 0 saturated heterocycles. The van der Waals surface area contributed by atoms with Crippen molar-refractivity contribution in [1.29, 1.82) is 0 Å². The van der Waals surface area contributed by atoms with Crippen LogP contribution in [0.3, 0.4) is 0 Å². The average molecular weight is 215 g/mol. The Kier molecular flexibility index (Phi) is 14.1. The molecule has 0 spiro atoms. The molecule has 0 aromatic heterocycles. The zero-order valence-electron chi connectivity index (χ0n) is 3.85. The standard InChI is InChI=1S/C3H4NO.BrH.Zn/c1-3(5)4-2;;/h1-2H2;1H;/q-1;;+2/p-1. The van der Waals surface area contributed by atoms with E-state index in [9.17, 15) is 4.79 Å². The van der Waals surface area contributed by atoms with E-state index in [1.807, 2.05) is 0 Å². The van der Waals surface area contributed by atoms with Gasteiger partial charge in [0.2, 0.25) is 0 Å². The molecule has 36 valence electrons. The number of nitrogens with zero attached hydrogens (tertiary/aromatic N) is 1. The number of rotatable bonds is 0. The Morgan fingerprint density at radius 2 is 2.00 bits per heavy atom. The summed E-state index contributed by atoms with van der Waals surface area (Å²) in [5, 5.41) is 0. The summed E-state index contributed by atoms with van der Waals surface area (Å²) < 4.78 is 0. The molecule has 0 aromatic carbocycles. The molecular weight excluding hydrogens is 211 g/mol. The summed E-state index contributed by atoms with van der Waals surface area (Å²) in [5.74, 6) is -0.481. The van der Waals surface area contributed by atoms with Crippen LogP contribution in [0.1, 0.15) is 0 Å². The van der Waals surface area contributed by atoms with E-state index < -0.39 is 5.91 Å². The van der Waals surface area contributed by atoms with Crippen LogP contribution < -0.4 is 0 Å². The van der Waals surface area contributed by atoms with Gasteiger partial charge in [-0.15, -0.1) is 0 Å². The van der Waals surface area contributed by atoms with Crippen molar-refractivity contribution < 1.29 is 21.1 Å². The molecule has 0 aliphatic rings. The minimum absolute atomic E-state index is 0.481. The van der Waals surface area contributed by atoms with Crippen LogP contribution in [0.2, 0.25) is 0 Å². The van der Waals surface area contributed by atoms with E-state index in [0.717, 1.165) is 0 Å². The molecule has 1 amide bonds. The second kappa shape index (κ2) is 9.58. The van der Waals surface area contributed by atoms with Crippen molar-refractivity contribution in [2.75, 3.05) is 0 Å². The first kappa shape index (κ1) is 10.3. The molecule has 0 radical (unpaired) electrons. The molecular formula is C3H4BrNOZn. The van der Waals surface area contributed by atoms with E-state index in [4.69, 9.17) is 0 Å². The Hall–Kier alpha value is 0.313. The van der Waals surface area contributed by atoms with Crippen LogP contribution in [0.15, 0.2) is 4.99 Å². The van der Waals surface area contributed by atoms with Crippen LogP contribution in [0.5, 0.6) is 0 Å². The molecule has 0 unspecified atom stereocenters. The van der Waals surface area contributed by atoms with Crippen molar-refractivity contribution in [1.82, 2.24) is 0 Å². The van der Waals surface area contributed by atoms with Crippen molar-refractivity contribution in [3.05, 3.63) is 6.92 Å². The van der Waals surface area contributed by atoms with Crippen LogP contribution in [-0.2, 0) is 21.1 Å². The van der Waals surface area contributed by atoms with Crippen molar-refractivity contribution in [3.8, 4) is 0 Å². The first-order valence-corrected chi connectivity index (χ1v) is 8.31. The van der Waals surface area contributed by atoms with Gasteiger partial charge in [0, 0.05) is 0 Å². The molecule has 0 heterocycles. The van der Waals surface area contributed by atoms with Gasteiger partial charge >= 0.3 is 30.0 Å². The van der Waals surface area contributed by atoms with Crippen molar-refractivity contribution in [2.24, 2.45) is 4.99 Å². The fraction of sp³-hybridized carbons (Fsp3) is 0. The molecule has 0 rings (SSSR count).